The van der Waals surface area contributed by atoms with E-state index in [4.69, 9.17) is 0 Å². The summed E-state index contributed by atoms with van der Waals surface area (Å²) in [6.45, 7) is 3.38. The third-order valence-corrected chi connectivity index (χ3v) is 9.09. The normalized spacial score (nSPS) is 24.4. The molecule has 1 aliphatic heterocycles. The van der Waals surface area contributed by atoms with Crippen molar-refractivity contribution in [3.63, 3.8) is 0 Å². The van der Waals surface area contributed by atoms with Crippen molar-refractivity contribution in [3.8, 4) is 0 Å². The first-order valence-electron chi connectivity index (χ1n) is 11.1. The van der Waals surface area contributed by atoms with Crippen molar-refractivity contribution in [1.29, 1.82) is 0 Å². The third-order valence-electron chi connectivity index (χ3n) is 6.72. The first-order chi connectivity index (χ1) is 14.2. The van der Waals surface area contributed by atoms with Crippen molar-refractivity contribution in [1.82, 2.24) is 13.9 Å². The van der Waals surface area contributed by atoms with Gasteiger partial charge in [0.2, 0.25) is 0 Å². The lowest BCUT2D eigenvalue weighted by Gasteiger charge is -2.34. The van der Waals surface area contributed by atoms with Gasteiger partial charge >= 0.3 is 0 Å². The molecule has 30 heavy (non-hydrogen) atoms. The van der Waals surface area contributed by atoms with Crippen LogP contribution in [0.15, 0.2) is 22.7 Å². The van der Waals surface area contributed by atoms with E-state index < -0.39 is 10.2 Å². The standard InChI is InChI=1S/C22H35BrFN3O2S/c1-26(2)30(28,29)25-21-6-3-17(4-7-21)9-12-27-13-10-18(11-14-27)15-19-16-20(24)5-8-22(19)23/h5,8,16-18,21,25H,3-4,6-7,9-15H2,1-2H3. The number of likely N-dealkylation sites (tertiary alicyclic amines) is 1. The van der Waals surface area contributed by atoms with E-state index in [0.717, 1.165) is 61.8 Å². The molecule has 8 heteroatoms. The van der Waals surface area contributed by atoms with Crippen molar-refractivity contribution < 1.29 is 12.8 Å². The summed E-state index contributed by atoms with van der Waals surface area (Å²) in [6.07, 6.45) is 8.55. The summed E-state index contributed by atoms with van der Waals surface area (Å²) in [5.41, 5.74) is 1.08. The monoisotopic (exact) mass is 503 g/mol. The van der Waals surface area contributed by atoms with Gasteiger partial charge < -0.3 is 4.90 Å². The molecule has 1 saturated heterocycles. The third kappa shape index (κ3) is 6.99. The van der Waals surface area contributed by atoms with Gasteiger partial charge in [0.25, 0.3) is 10.2 Å². The molecule has 1 N–H and O–H groups in total. The Morgan fingerprint density at radius 3 is 2.40 bits per heavy atom. The Morgan fingerprint density at radius 2 is 1.77 bits per heavy atom. The quantitative estimate of drug-likeness (QED) is 0.578. The molecule has 1 saturated carbocycles. The number of benzene rings is 1. The molecule has 0 radical (unpaired) electrons. The summed E-state index contributed by atoms with van der Waals surface area (Å²) in [5.74, 6) is 1.17. The van der Waals surface area contributed by atoms with Crippen LogP contribution in [0, 0.1) is 17.7 Å². The Hall–Kier alpha value is -0.540. The number of hydrogen-bond donors (Lipinski definition) is 1. The van der Waals surface area contributed by atoms with Gasteiger partial charge in [-0.3, -0.25) is 0 Å². The topological polar surface area (TPSA) is 52.7 Å². The number of piperidine rings is 1. The van der Waals surface area contributed by atoms with E-state index in [9.17, 15) is 12.8 Å². The van der Waals surface area contributed by atoms with E-state index in [2.05, 4.69) is 25.6 Å². The highest BCUT2D eigenvalue weighted by atomic mass is 79.9. The molecule has 0 spiro atoms. The van der Waals surface area contributed by atoms with Crippen LogP contribution in [0.1, 0.15) is 50.5 Å². The largest absolute Gasteiger partial charge is 0.303 e. The average molecular weight is 505 g/mol. The van der Waals surface area contributed by atoms with Crippen LogP contribution in [0.4, 0.5) is 4.39 Å². The van der Waals surface area contributed by atoms with Gasteiger partial charge in [0, 0.05) is 24.6 Å². The Balaban J connectivity index is 1.34. The summed E-state index contributed by atoms with van der Waals surface area (Å²) in [6, 6.07) is 5.04. The number of hydrogen-bond acceptors (Lipinski definition) is 3. The molecule has 1 heterocycles. The first-order valence-corrected chi connectivity index (χ1v) is 13.3. The lowest BCUT2D eigenvalue weighted by atomic mass is 9.84. The number of halogens is 2. The fourth-order valence-electron chi connectivity index (χ4n) is 4.68. The zero-order valence-electron chi connectivity index (χ0n) is 18.1. The van der Waals surface area contributed by atoms with Gasteiger partial charge in [-0.15, -0.1) is 0 Å². The van der Waals surface area contributed by atoms with E-state index in [0.29, 0.717) is 11.8 Å². The molecular weight excluding hydrogens is 469 g/mol. The smallest absolute Gasteiger partial charge is 0.279 e. The maximum atomic E-state index is 13.5. The molecule has 2 fully saturated rings. The van der Waals surface area contributed by atoms with Gasteiger partial charge in [-0.2, -0.15) is 17.4 Å². The van der Waals surface area contributed by atoms with Gasteiger partial charge in [0.15, 0.2) is 0 Å². The van der Waals surface area contributed by atoms with Crippen LogP contribution in [0.3, 0.4) is 0 Å². The summed E-state index contributed by atoms with van der Waals surface area (Å²) in [7, 11) is -0.199. The molecule has 3 rings (SSSR count). The second-order valence-corrected chi connectivity index (χ2v) is 11.9. The molecule has 0 bridgehead atoms. The van der Waals surface area contributed by atoms with E-state index in [1.54, 1.807) is 26.2 Å². The Morgan fingerprint density at radius 1 is 1.10 bits per heavy atom. The fraction of sp³-hybridized carbons (Fsp3) is 0.727. The zero-order chi connectivity index (χ0) is 21.7. The molecule has 0 unspecified atom stereocenters. The van der Waals surface area contributed by atoms with Crippen LogP contribution >= 0.6 is 15.9 Å². The fourth-order valence-corrected chi connectivity index (χ4v) is 5.95. The van der Waals surface area contributed by atoms with E-state index in [1.807, 2.05) is 0 Å². The predicted molar refractivity (Wildman–Crippen MR) is 123 cm³/mol. The average Bonchev–Trinajstić information content (AvgIpc) is 2.71. The summed E-state index contributed by atoms with van der Waals surface area (Å²) >= 11 is 3.55. The van der Waals surface area contributed by atoms with E-state index in [1.165, 1.54) is 29.6 Å². The maximum Gasteiger partial charge on any atom is 0.279 e. The van der Waals surface area contributed by atoms with Crippen molar-refractivity contribution in [3.05, 3.63) is 34.1 Å². The SMILES string of the molecule is CN(C)S(=O)(=O)NC1CCC(CCN2CCC(Cc3cc(F)ccc3Br)CC2)CC1. The van der Waals surface area contributed by atoms with Crippen LogP contribution in [0.2, 0.25) is 0 Å². The lowest BCUT2D eigenvalue weighted by molar-refractivity contribution is 0.164. The molecule has 0 amide bonds. The van der Waals surface area contributed by atoms with E-state index in [-0.39, 0.29) is 11.9 Å². The summed E-state index contributed by atoms with van der Waals surface area (Å²) in [4.78, 5) is 2.57. The molecular formula is C22H35BrFN3O2S. The number of nitrogens with one attached hydrogen (secondary N) is 1. The highest BCUT2D eigenvalue weighted by Gasteiger charge is 2.27. The molecule has 5 nitrogen and oxygen atoms in total. The van der Waals surface area contributed by atoms with Crippen molar-refractivity contribution >= 4 is 26.1 Å². The molecule has 0 aromatic heterocycles. The van der Waals surface area contributed by atoms with Crippen LogP contribution in [0.5, 0.6) is 0 Å². The molecule has 0 atom stereocenters. The van der Waals surface area contributed by atoms with Gasteiger partial charge in [-0.05, 0) is 107 Å². The Kier molecular flexibility index (Phi) is 8.72. The zero-order valence-corrected chi connectivity index (χ0v) is 20.5. The Bertz CT molecular complexity index is 790. The highest BCUT2D eigenvalue weighted by Crippen LogP contribution is 2.29. The van der Waals surface area contributed by atoms with Gasteiger partial charge in [0.05, 0.1) is 0 Å². The van der Waals surface area contributed by atoms with Gasteiger partial charge in [-0.1, -0.05) is 15.9 Å². The first kappa shape index (κ1) is 24.1. The highest BCUT2D eigenvalue weighted by molar-refractivity contribution is 9.10. The second-order valence-electron chi connectivity index (χ2n) is 9.14. The van der Waals surface area contributed by atoms with Crippen LogP contribution in [-0.4, -0.2) is 57.4 Å². The van der Waals surface area contributed by atoms with Crippen LogP contribution < -0.4 is 4.72 Å². The van der Waals surface area contributed by atoms with Gasteiger partial charge in [0.1, 0.15) is 5.82 Å². The van der Waals surface area contributed by atoms with Crippen molar-refractivity contribution in [2.45, 2.75) is 57.4 Å². The lowest BCUT2D eigenvalue weighted by Crippen LogP contribution is -2.43. The molecule has 2 aliphatic rings. The number of nitrogens with zero attached hydrogens (tertiary/aromatic N) is 2. The van der Waals surface area contributed by atoms with Crippen molar-refractivity contribution in [2.75, 3.05) is 33.7 Å². The minimum absolute atomic E-state index is 0.0755. The maximum absolute atomic E-state index is 13.5. The minimum atomic E-state index is -3.33. The Labute approximate surface area is 189 Å². The molecule has 1 aromatic carbocycles. The van der Waals surface area contributed by atoms with Crippen LogP contribution in [0.25, 0.3) is 0 Å². The molecule has 1 aliphatic carbocycles. The second kappa shape index (κ2) is 10.9. The molecule has 1 aromatic rings. The summed E-state index contributed by atoms with van der Waals surface area (Å²) in [5, 5.41) is 0. The van der Waals surface area contributed by atoms with Crippen LogP contribution in [-0.2, 0) is 16.6 Å². The predicted octanol–water partition coefficient (Wildman–Crippen LogP) is 4.19. The van der Waals surface area contributed by atoms with E-state index >= 15 is 0 Å². The summed E-state index contributed by atoms with van der Waals surface area (Å²) < 4.78 is 42.5. The minimum Gasteiger partial charge on any atom is -0.303 e. The van der Waals surface area contributed by atoms with Crippen molar-refractivity contribution in [2.24, 2.45) is 11.8 Å². The van der Waals surface area contributed by atoms with Gasteiger partial charge in [-0.25, -0.2) is 4.39 Å². The molecule has 170 valence electrons. The number of rotatable bonds is 8.